The lowest BCUT2D eigenvalue weighted by atomic mass is 10.1. The first-order chi connectivity index (χ1) is 16.1. The van der Waals surface area contributed by atoms with Crippen LogP contribution in [-0.2, 0) is 10.0 Å². The number of carbonyl (C=O) groups excluding carboxylic acids is 1. The predicted molar refractivity (Wildman–Crippen MR) is 117 cm³/mol. The molecule has 9 nitrogen and oxygen atoms in total. The molecule has 2 aliphatic rings. The van der Waals surface area contributed by atoms with Crippen LogP contribution in [0, 0.1) is 10.1 Å². The third kappa shape index (κ3) is 3.76. The Bertz CT molecular complexity index is 1420. The second-order valence-electron chi connectivity index (χ2n) is 8.68. The first kappa shape index (κ1) is 22.5. The van der Waals surface area contributed by atoms with E-state index in [1.165, 1.54) is 36.4 Å². The molecule has 0 N–H and O–H groups in total. The number of hydrogen-bond donors (Lipinski definition) is 0. The molecule has 0 spiro atoms. The van der Waals surface area contributed by atoms with Gasteiger partial charge in [0.2, 0.25) is 15.8 Å². The zero-order chi connectivity index (χ0) is 24.3. The number of rotatable bonds is 6. The Morgan fingerprint density at radius 3 is 2.47 bits per heavy atom. The van der Waals surface area contributed by atoms with Crippen molar-refractivity contribution >= 4 is 32.4 Å². The maximum absolute atomic E-state index is 13.4. The van der Waals surface area contributed by atoms with Crippen LogP contribution in [0.1, 0.15) is 47.8 Å². The van der Waals surface area contributed by atoms with Crippen LogP contribution in [0.4, 0.5) is 14.5 Å². The highest BCUT2D eigenvalue weighted by atomic mass is 32.2. The molecule has 2 fully saturated rings. The summed E-state index contributed by atoms with van der Waals surface area (Å²) in [6.07, 6.45) is 3.64. The van der Waals surface area contributed by atoms with E-state index in [-0.39, 0.29) is 27.9 Å². The molecule has 12 heteroatoms. The van der Waals surface area contributed by atoms with Gasteiger partial charge in [0.15, 0.2) is 0 Å². The van der Waals surface area contributed by atoms with Gasteiger partial charge in [-0.1, -0.05) is 25.0 Å². The topological polar surface area (TPSA) is 115 Å². The summed E-state index contributed by atoms with van der Waals surface area (Å²) in [7, 11) is -4.18. The van der Waals surface area contributed by atoms with Crippen molar-refractivity contribution in [3.05, 3.63) is 63.8 Å². The number of sulfonamides is 1. The van der Waals surface area contributed by atoms with Crippen LogP contribution < -0.4 is 0 Å². The number of ketones is 1. The summed E-state index contributed by atoms with van der Waals surface area (Å²) >= 11 is 0. The quantitative estimate of drug-likeness (QED) is 0.294. The highest BCUT2D eigenvalue weighted by molar-refractivity contribution is 7.89. The predicted octanol–water partition coefficient (Wildman–Crippen LogP) is 3.93. The van der Waals surface area contributed by atoms with Crippen molar-refractivity contribution in [3.63, 3.8) is 0 Å². The fourth-order valence-electron chi connectivity index (χ4n) is 4.56. The number of fused-ring (bicyclic) bond motifs is 1. The Balaban J connectivity index is 1.55. The zero-order valence-electron chi connectivity index (χ0n) is 17.9. The average molecular weight is 490 g/mol. The van der Waals surface area contributed by atoms with Crippen LogP contribution in [0.15, 0.2) is 47.4 Å². The molecular weight excluding hydrogens is 470 g/mol. The van der Waals surface area contributed by atoms with E-state index < -0.39 is 39.7 Å². The molecule has 0 atom stereocenters. The van der Waals surface area contributed by atoms with Crippen molar-refractivity contribution in [2.24, 2.45) is 0 Å². The molecule has 2 aromatic carbocycles. The van der Waals surface area contributed by atoms with Gasteiger partial charge >= 0.3 is 0 Å². The number of aromatic nitrogens is 2. The molecule has 0 bridgehead atoms. The lowest BCUT2D eigenvalue weighted by Gasteiger charge is -2.37. The van der Waals surface area contributed by atoms with Gasteiger partial charge in [0.25, 0.3) is 11.6 Å². The Labute approximate surface area is 193 Å². The Hall–Kier alpha value is -3.25. The second kappa shape index (κ2) is 7.91. The summed E-state index contributed by atoms with van der Waals surface area (Å²) in [4.78, 5) is 23.9. The van der Waals surface area contributed by atoms with Gasteiger partial charge in [-0.2, -0.15) is 9.40 Å². The van der Waals surface area contributed by atoms with Crippen LogP contribution in [0.2, 0.25) is 0 Å². The number of alkyl halides is 2. The lowest BCUT2D eigenvalue weighted by molar-refractivity contribution is -0.384. The maximum atomic E-state index is 13.4. The van der Waals surface area contributed by atoms with Crippen LogP contribution >= 0.6 is 0 Å². The number of halogens is 2. The van der Waals surface area contributed by atoms with E-state index in [1.807, 2.05) is 0 Å². The standard InChI is InChI=1S/C22H20F2N4O5S/c23-22(24)12-26(13-22)34(32,33)17-7-3-4-14(10-17)21(29)20-18-9-8-16(28(30)31)11-19(18)27(25-20)15-5-1-2-6-15/h3-4,7-11,15H,1-2,5-6,12-13H2. The van der Waals surface area contributed by atoms with E-state index in [0.717, 1.165) is 31.7 Å². The third-order valence-corrected chi connectivity index (χ3v) is 8.12. The van der Waals surface area contributed by atoms with Crippen molar-refractivity contribution in [2.45, 2.75) is 42.5 Å². The minimum absolute atomic E-state index is 0.00542. The van der Waals surface area contributed by atoms with Gasteiger partial charge in [-0.05, 0) is 31.0 Å². The van der Waals surface area contributed by atoms with Crippen molar-refractivity contribution in [1.82, 2.24) is 14.1 Å². The number of non-ortho nitro benzene ring substituents is 1. The van der Waals surface area contributed by atoms with Crippen LogP contribution in [0.3, 0.4) is 0 Å². The third-order valence-electron chi connectivity index (χ3n) is 6.34. The minimum Gasteiger partial charge on any atom is -0.287 e. The van der Waals surface area contributed by atoms with Crippen molar-refractivity contribution in [3.8, 4) is 0 Å². The Morgan fingerprint density at radius 2 is 1.82 bits per heavy atom. The van der Waals surface area contributed by atoms with E-state index in [0.29, 0.717) is 15.2 Å². The molecule has 3 aromatic rings. The normalized spacial score (nSPS) is 18.8. The summed E-state index contributed by atoms with van der Waals surface area (Å²) in [6, 6.07) is 9.37. The van der Waals surface area contributed by atoms with Gasteiger partial charge in [0.05, 0.1) is 34.5 Å². The lowest BCUT2D eigenvalue weighted by Crippen LogP contribution is -2.58. The average Bonchev–Trinajstić information content (AvgIpc) is 3.44. The SMILES string of the molecule is O=C(c1cccc(S(=O)(=O)N2CC(F)(F)C2)c1)c1nn(C2CCCC2)c2cc([N+](=O)[O-])ccc12. The Kier molecular flexibility index (Phi) is 5.24. The summed E-state index contributed by atoms with van der Waals surface area (Å²) < 4.78 is 54.1. The molecule has 2 heterocycles. The first-order valence-corrected chi connectivity index (χ1v) is 12.2. The van der Waals surface area contributed by atoms with E-state index >= 15 is 0 Å². The summed E-state index contributed by atoms with van der Waals surface area (Å²) in [5.74, 6) is -3.61. The van der Waals surface area contributed by atoms with Crippen molar-refractivity contribution < 1.29 is 26.9 Å². The number of benzene rings is 2. The van der Waals surface area contributed by atoms with Crippen LogP contribution in [0.25, 0.3) is 10.9 Å². The van der Waals surface area contributed by atoms with Crippen molar-refractivity contribution in [2.75, 3.05) is 13.1 Å². The van der Waals surface area contributed by atoms with Crippen molar-refractivity contribution in [1.29, 1.82) is 0 Å². The molecule has 0 amide bonds. The summed E-state index contributed by atoms with van der Waals surface area (Å²) in [6.45, 7) is -1.80. The monoisotopic (exact) mass is 490 g/mol. The fraction of sp³-hybridized carbons (Fsp3) is 0.364. The molecule has 1 saturated carbocycles. The molecule has 178 valence electrons. The van der Waals surface area contributed by atoms with Gasteiger partial charge in [0.1, 0.15) is 5.69 Å². The number of nitrogens with zero attached hydrogens (tertiary/aromatic N) is 4. The van der Waals surface area contributed by atoms with Gasteiger partial charge < -0.3 is 0 Å². The number of carbonyl (C=O) groups is 1. The van der Waals surface area contributed by atoms with Gasteiger partial charge in [-0.15, -0.1) is 0 Å². The van der Waals surface area contributed by atoms with E-state index in [2.05, 4.69) is 5.10 Å². The molecule has 1 aliphatic carbocycles. The largest absolute Gasteiger partial charge is 0.287 e. The zero-order valence-corrected chi connectivity index (χ0v) is 18.7. The fourth-order valence-corrected chi connectivity index (χ4v) is 6.10. The molecule has 0 unspecified atom stereocenters. The van der Waals surface area contributed by atoms with Gasteiger partial charge in [-0.3, -0.25) is 19.6 Å². The number of nitro groups is 1. The number of hydrogen-bond acceptors (Lipinski definition) is 6. The summed E-state index contributed by atoms with van der Waals surface area (Å²) in [5.41, 5.74) is 0.438. The van der Waals surface area contributed by atoms with E-state index in [4.69, 9.17) is 0 Å². The van der Waals surface area contributed by atoms with Crippen LogP contribution in [0.5, 0.6) is 0 Å². The smallest absolute Gasteiger partial charge is 0.275 e. The number of nitro benzene ring substituents is 1. The molecule has 1 aromatic heterocycles. The van der Waals surface area contributed by atoms with Crippen LogP contribution in [-0.4, -0.2) is 52.2 Å². The van der Waals surface area contributed by atoms with E-state index in [1.54, 1.807) is 4.68 Å². The molecule has 5 rings (SSSR count). The molecule has 1 saturated heterocycles. The first-order valence-electron chi connectivity index (χ1n) is 10.8. The molecule has 1 aliphatic heterocycles. The Morgan fingerprint density at radius 1 is 1.12 bits per heavy atom. The highest BCUT2D eigenvalue weighted by Gasteiger charge is 2.49. The molecule has 0 radical (unpaired) electrons. The maximum Gasteiger partial charge on any atom is 0.275 e. The van der Waals surface area contributed by atoms with E-state index in [9.17, 15) is 32.1 Å². The minimum atomic E-state index is -4.18. The molecular formula is C22H20F2N4O5S. The highest BCUT2D eigenvalue weighted by Crippen LogP contribution is 2.35. The summed E-state index contributed by atoms with van der Waals surface area (Å²) in [5, 5.41) is 16.2. The van der Waals surface area contributed by atoms with Gasteiger partial charge in [-0.25, -0.2) is 17.2 Å². The second-order valence-corrected chi connectivity index (χ2v) is 10.6. The molecule has 34 heavy (non-hydrogen) atoms. The van der Waals surface area contributed by atoms with Gasteiger partial charge in [0, 0.05) is 23.1 Å².